The lowest BCUT2D eigenvalue weighted by Crippen LogP contribution is -2.43. The standard InChI is InChI=1S/C17H17FN2O4/c1-23-15-8-7-11(10-19-15)9-14(17(22)24-2)20-16(21)12-5-3-4-6-13(12)18/h3-8,10,14H,9H2,1-2H3,(H,20,21)/t14-/m1/s1. The Kier molecular flexibility index (Phi) is 5.83. The number of nitrogens with one attached hydrogen (secondary N) is 1. The van der Waals surface area contributed by atoms with Gasteiger partial charge in [-0.2, -0.15) is 0 Å². The SMILES string of the molecule is COC(=O)[C@@H](Cc1ccc(OC)nc1)NC(=O)c1ccccc1F. The molecular formula is C17H17FN2O4. The minimum atomic E-state index is -0.961. The van der Waals surface area contributed by atoms with Gasteiger partial charge in [-0.3, -0.25) is 4.79 Å². The number of halogens is 1. The molecule has 126 valence electrons. The minimum Gasteiger partial charge on any atom is -0.481 e. The summed E-state index contributed by atoms with van der Waals surface area (Å²) in [7, 11) is 2.71. The van der Waals surface area contributed by atoms with Crippen LogP contribution >= 0.6 is 0 Å². The number of carbonyl (C=O) groups is 2. The Morgan fingerprint density at radius 2 is 1.96 bits per heavy atom. The molecule has 0 bridgehead atoms. The zero-order valence-corrected chi connectivity index (χ0v) is 13.3. The van der Waals surface area contributed by atoms with Gasteiger partial charge in [0, 0.05) is 18.7 Å². The first-order valence-electron chi connectivity index (χ1n) is 7.17. The smallest absolute Gasteiger partial charge is 0.328 e. The molecule has 1 heterocycles. The summed E-state index contributed by atoms with van der Waals surface area (Å²) in [5, 5.41) is 2.49. The van der Waals surface area contributed by atoms with E-state index in [1.807, 2.05) is 0 Å². The molecule has 6 nitrogen and oxygen atoms in total. The fraction of sp³-hybridized carbons (Fsp3) is 0.235. The molecule has 0 saturated heterocycles. The summed E-state index contributed by atoms with van der Waals surface area (Å²) in [6, 6.07) is 7.94. The number of pyridine rings is 1. The highest BCUT2D eigenvalue weighted by Crippen LogP contribution is 2.11. The van der Waals surface area contributed by atoms with Crippen molar-refractivity contribution in [1.82, 2.24) is 10.3 Å². The van der Waals surface area contributed by atoms with Gasteiger partial charge in [-0.05, 0) is 17.7 Å². The van der Waals surface area contributed by atoms with Crippen LogP contribution in [0.15, 0.2) is 42.6 Å². The molecule has 0 aliphatic rings. The lowest BCUT2D eigenvalue weighted by Gasteiger charge is -2.17. The van der Waals surface area contributed by atoms with E-state index in [1.165, 1.54) is 38.6 Å². The summed E-state index contributed by atoms with van der Waals surface area (Å²) < 4.78 is 23.4. The second-order valence-electron chi connectivity index (χ2n) is 4.94. The number of carbonyl (C=O) groups excluding carboxylic acids is 2. The summed E-state index contributed by atoms with van der Waals surface area (Å²) >= 11 is 0. The summed E-state index contributed by atoms with van der Waals surface area (Å²) in [4.78, 5) is 28.1. The van der Waals surface area contributed by atoms with Gasteiger partial charge in [-0.15, -0.1) is 0 Å². The topological polar surface area (TPSA) is 77.5 Å². The van der Waals surface area contributed by atoms with Crippen molar-refractivity contribution < 1.29 is 23.5 Å². The first kappa shape index (κ1) is 17.4. The van der Waals surface area contributed by atoms with Crippen molar-refractivity contribution in [2.24, 2.45) is 0 Å². The van der Waals surface area contributed by atoms with E-state index >= 15 is 0 Å². The molecule has 7 heteroatoms. The van der Waals surface area contributed by atoms with E-state index in [2.05, 4.69) is 10.3 Å². The van der Waals surface area contributed by atoms with Crippen LogP contribution < -0.4 is 10.1 Å². The zero-order chi connectivity index (χ0) is 17.5. The third-order valence-corrected chi connectivity index (χ3v) is 3.36. The van der Waals surface area contributed by atoms with Crippen LogP contribution in [-0.2, 0) is 16.0 Å². The van der Waals surface area contributed by atoms with Gasteiger partial charge in [0.05, 0.1) is 19.8 Å². The molecule has 1 amide bonds. The third kappa shape index (κ3) is 4.28. The highest BCUT2D eigenvalue weighted by atomic mass is 19.1. The summed E-state index contributed by atoms with van der Waals surface area (Å²) in [6.07, 6.45) is 1.69. The van der Waals surface area contributed by atoms with Gasteiger partial charge in [-0.1, -0.05) is 18.2 Å². The van der Waals surface area contributed by atoms with E-state index in [4.69, 9.17) is 9.47 Å². The Balaban J connectivity index is 2.14. The van der Waals surface area contributed by atoms with Crippen LogP contribution in [0, 0.1) is 5.82 Å². The fourth-order valence-corrected chi connectivity index (χ4v) is 2.11. The van der Waals surface area contributed by atoms with E-state index in [9.17, 15) is 14.0 Å². The van der Waals surface area contributed by atoms with E-state index in [0.29, 0.717) is 11.4 Å². The number of hydrogen-bond acceptors (Lipinski definition) is 5. The highest BCUT2D eigenvalue weighted by Gasteiger charge is 2.24. The molecule has 2 rings (SSSR count). The van der Waals surface area contributed by atoms with Crippen molar-refractivity contribution >= 4 is 11.9 Å². The molecular weight excluding hydrogens is 315 g/mol. The number of methoxy groups -OCH3 is 2. The van der Waals surface area contributed by atoms with Crippen molar-refractivity contribution in [2.45, 2.75) is 12.5 Å². The van der Waals surface area contributed by atoms with Crippen molar-refractivity contribution in [3.05, 3.63) is 59.5 Å². The monoisotopic (exact) mass is 332 g/mol. The van der Waals surface area contributed by atoms with Crippen LogP contribution in [0.4, 0.5) is 4.39 Å². The average Bonchev–Trinajstić information content (AvgIpc) is 2.61. The molecule has 0 spiro atoms. The number of amides is 1. The van der Waals surface area contributed by atoms with Gasteiger partial charge < -0.3 is 14.8 Å². The molecule has 0 unspecified atom stereocenters. The van der Waals surface area contributed by atoms with Crippen LogP contribution in [0.2, 0.25) is 0 Å². The van der Waals surface area contributed by atoms with Gasteiger partial charge in [0.2, 0.25) is 5.88 Å². The molecule has 0 aliphatic carbocycles. The maximum Gasteiger partial charge on any atom is 0.328 e. The van der Waals surface area contributed by atoms with E-state index in [0.717, 1.165) is 0 Å². The Hall–Kier alpha value is -2.96. The van der Waals surface area contributed by atoms with Crippen LogP contribution in [0.3, 0.4) is 0 Å². The first-order chi connectivity index (χ1) is 11.5. The minimum absolute atomic E-state index is 0.140. The quantitative estimate of drug-likeness (QED) is 0.816. The van der Waals surface area contributed by atoms with Gasteiger partial charge >= 0.3 is 5.97 Å². The van der Waals surface area contributed by atoms with Crippen molar-refractivity contribution in [3.8, 4) is 5.88 Å². The molecule has 0 fully saturated rings. The van der Waals surface area contributed by atoms with Crippen LogP contribution in [-0.4, -0.2) is 37.1 Å². The van der Waals surface area contributed by atoms with Crippen molar-refractivity contribution in [3.63, 3.8) is 0 Å². The average molecular weight is 332 g/mol. The Morgan fingerprint density at radius 3 is 2.54 bits per heavy atom. The molecule has 1 aromatic carbocycles. The predicted molar refractivity (Wildman–Crippen MR) is 84.2 cm³/mol. The number of hydrogen-bond donors (Lipinski definition) is 1. The lowest BCUT2D eigenvalue weighted by atomic mass is 10.1. The molecule has 0 aliphatic heterocycles. The highest BCUT2D eigenvalue weighted by molar-refractivity contribution is 5.97. The maximum absolute atomic E-state index is 13.7. The molecule has 24 heavy (non-hydrogen) atoms. The number of aromatic nitrogens is 1. The number of ether oxygens (including phenoxy) is 2. The Labute approximate surface area is 138 Å². The largest absolute Gasteiger partial charge is 0.481 e. The predicted octanol–water partition coefficient (Wildman–Crippen LogP) is 1.74. The van der Waals surface area contributed by atoms with Crippen LogP contribution in [0.1, 0.15) is 15.9 Å². The van der Waals surface area contributed by atoms with Gasteiger partial charge in [0.1, 0.15) is 11.9 Å². The third-order valence-electron chi connectivity index (χ3n) is 3.36. The van der Waals surface area contributed by atoms with E-state index < -0.39 is 23.7 Å². The van der Waals surface area contributed by atoms with Gasteiger partial charge in [-0.25, -0.2) is 14.2 Å². The summed E-state index contributed by atoms with van der Waals surface area (Å²) in [5.41, 5.74) is 0.555. The number of nitrogens with zero attached hydrogens (tertiary/aromatic N) is 1. The Bertz CT molecular complexity index is 719. The molecule has 2 aromatic rings. The first-order valence-corrected chi connectivity index (χ1v) is 7.17. The lowest BCUT2D eigenvalue weighted by molar-refractivity contribution is -0.142. The van der Waals surface area contributed by atoms with Gasteiger partial charge in [0.15, 0.2) is 0 Å². The van der Waals surface area contributed by atoms with E-state index in [-0.39, 0.29) is 12.0 Å². The Morgan fingerprint density at radius 1 is 1.21 bits per heavy atom. The fourth-order valence-electron chi connectivity index (χ4n) is 2.11. The van der Waals surface area contributed by atoms with Crippen molar-refractivity contribution in [2.75, 3.05) is 14.2 Å². The summed E-state index contributed by atoms with van der Waals surface area (Å²) in [6.45, 7) is 0. The molecule has 0 radical (unpaired) electrons. The normalized spacial score (nSPS) is 11.5. The molecule has 1 aromatic heterocycles. The maximum atomic E-state index is 13.7. The van der Waals surface area contributed by atoms with Crippen molar-refractivity contribution in [1.29, 1.82) is 0 Å². The van der Waals surface area contributed by atoms with Gasteiger partial charge in [0.25, 0.3) is 5.91 Å². The molecule has 1 N–H and O–H groups in total. The number of rotatable bonds is 6. The van der Waals surface area contributed by atoms with E-state index in [1.54, 1.807) is 18.2 Å². The summed E-state index contributed by atoms with van der Waals surface area (Å²) in [5.74, 6) is -1.55. The second-order valence-corrected chi connectivity index (χ2v) is 4.94. The number of esters is 1. The van der Waals surface area contributed by atoms with Crippen LogP contribution in [0.25, 0.3) is 0 Å². The number of benzene rings is 1. The molecule has 0 saturated carbocycles. The zero-order valence-electron chi connectivity index (χ0n) is 13.3. The molecule has 1 atom stereocenters. The second kappa shape index (κ2) is 8.05. The van der Waals surface area contributed by atoms with Crippen LogP contribution in [0.5, 0.6) is 5.88 Å².